The van der Waals surface area contributed by atoms with Gasteiger partial charge in [-0.3, -0.25) is 0 Å². The Morgan fingerprint density at radius 3 is 2.86 bits per heavy atom. The standard InChI is InChI=1S/C17H24N4O/c1-12-10-13(11-18)20-16(19-12)21-9-5-7-15(21)14-6-3-4-8-17(14,2)22/h10,14-15,22H,3-9H2,1-2H3/t14-,15+,17+/m0/s1. The summed E-state index contributed by atoms with van der Waals surface area (Å²) in [6.45, 7) is 4.78. The first-order valence-corrected chi connectivity index (χ1v) is 8.26. The minimum Gasteiger partial charge on any atom is -0.390 e. The number of hydrogen-bond donors (Lipinski definition) is 1. The molecule has 1 aliphatic carbocycles. The van der Waals surface area contributed by atoms with E-state index in [1.165, 1.54) is 6.42 Å². The van der Waals surface area contributed by atoms with E-state index in [-0.39, 0.29) is 12.0 Å². The van der Waals surface area contributed by atoms with E-state index in [0.29, 0.717) is 11.6 Å². The van der Waals surface area contributed by atoms with Gasteiger partial charge in [0.1, 0.15) is 11.8 Å². The van der Waals surface area contributed by atoms with E-state index in [1.807, 2.05) is 13.8 Å². The van der Waals surface area contributed by atoms with Crippen molar-refractivity contribution in [1.29, 1.82) is 5.26 Å². The Bertz CT molecular complexity index is 593. The molecule has 1 saturated heterocycles. The van der Waals surface area contributed by atoms with Gasteiger partial charge in [0.15, 0.2) is 0 Å². The highest BCUT2D eigenvalue weighted by Crippen LogP contribution is 2.41. The molecule has 2 heterocycles. The summed E-state index contributed by atoms with van der Waals surface area (Å²) < 4.78 is 0. The lowest BCUT2D eigenvalue weighted by Crippen LogP contribution is -2.49. The third kappa shape index (κ3) is 2.80. The lowest BCUT2D eigenvalue weighted by molar-refractivity contribution is -0.0411. The van der Waals surface area contributed by atoms with E-state index in [2.05, 4.69) is 20.9 Å². The van der Waals surface area contributed by atoms with Crippen molar-refractivity contribution in [3.05, 3.63) is 17.5 Å². The summed E-state index contributed by atoms with van der Waals surface area (Å²) in [6, 6.07) is 4.11. The van der Waals surface area contributed by atoms with Crippen LogP contribution in [0.25, 0.3) is 0 Å². The van der Waals surface area contributed by atoms with Gasteiger partial charge >= 0.3 is 0 Å². The average Bonchev–Trinajstić information content (AvgIpc) is 2.95. The Morgan fingerprint density at radius 2 is 2.14 bits per heavy atom. The van der Waals surface area contributed by atoms with Crippen LogP contribution in [0.15, 0.2) is 6.07 Å². The van der Waals surface area contributed by atoms with Crippen LogP contribution >= 0.6 is 0 Å². The Morgan fingerprint density at radius 1 is 1.32 bits per heavy atom. The first-order valence-electron chi connectivity index (χ1n) is 8.26. The number of aliphatic hydroxyl groups is 1. The molecule has 3 rings (SSSR count). The smallest absolute Gasteiger partial charge is 0.227 e. The number of aromatic nitrogens is 2. The van der Waals surface area contributed by atoms with Gasteiger partial charge in [0, 0.05) is 24.2 Å². The second-order valence-electron chi connectivity index (χ2n) is 6.92. The molecule has 1 aromatic rings. The van der Waals surface area contributed by atoms with E-state index in [0.717, 1.165) is 44.3 Å². The summed E-state index contributed by atoms with van der Waals surface area (Å²) in [7, 11) is 0. The largest absolute Gasteiger partial charge is 0.390 e. The Labute approximate surface area is 132 Å². The van der Waals surface area contributed by atoms with Gasteiger partial charge < -0.3 is 10.0 Å². The maximum atomic E-state index is 10.8. The van der Waals surface area contributed by atoms with E-state index >= 15 is 0 Å². The van der Waals surface area contributed by atoms with Crippen molar-refractivity contribution < 1.29 is 5.11 Å². The van der Waals surface area contributed by atoms with Crippen molar-refractivity contribution in [2.45, 2.75) is 64.0 Å². The molecule has 0 amide bonds. The first-order chi connectivity index (χ1) is 10.5. The van der Waals surface area contributed by atoms with E-state index in [1.54, 1.807) is 6.07 Å². The summed E-state index contributed by atoms with van der Waals surface area (Å²) in [5.41, 5.74) is 0.638. The van der Waals surface area contributed by atoms with E-state index in [9.17, 15) is 5.11 Å². The lowest BCUT2D eigenvalue weighted by atomic mass is 9.72. The molecule has 5 heteroatoms. The van der Waals surface area contributed by atoms with Gasteiger partial charge in [-0.05, 0) is 45.6 Å². The maximum absolute atomic E-state index is 10.8. The zero-order valence-corrected chi connectivity index (χ0v) is 13.4. The van der Waals surface area contributed by atoms with Crippen LogP contribution in [0, 0.1) is 24.2 Å². The number of nitrogens with zero attached hydrogens (tertiary/aromatic N) is 4. The number of nitriles is 1. The summed E-state index contributed by atoms with van der Waals surface area (Å²) in [5, 5.41) is 19.9. The summed E-state index contributed by atoms with van der Waals surface area (Å²) in [6.07, 6.45) is 6.39. The second kappa shape index (κ2) is 5.85. The Kier molecular flexibility index (Phi) is 4.05. The van der Waals surface area contributed by atoms with Crippen molar-refractivity contribution >= 4 is 5.95 Å². The fraction of sp³-hybridized carbons (Fsp3) is 0.706. The topological polar surface area (TPSA) is 73.0 Å². The second-order valence-corrected chi connectivity index (χ2v) is 6.92. The third-order valence-corrected chi connectivity index (χ3v) is 5.22. The molecule has 1 N–H and O–H groups in total. The quantitative estimate of drug-likeness (QED) is 0.908. The number of rotatable bonds is 2. The minimum absolute atomic E-state index is 0.262. The number of aryl methyl sites for hydroxylation is 1. The molecule has 1 aromatic heterocycles. The summed E-state index contributed by atoms with van der Waals surface area (Å²) >= 11 is 0. The molecule has 2 aliphatic rings. The van der Waals surface area contributed by atoms with Crippen molar-refractivity contribution in [3.63, 3.8) is 0 Å². The molecular formula is C17H24N4O. The van der Waals surface area contributed by atoms with E-state index in [4.69, 9.17) is 5.26 Å². The molecular weight excluding hydrogens is 276 g/mol. The van der Waals surface area contributed by atoms with Gasteiger partial charge in [0.05, 0.1) is 5.60 Å². The molecule has 2 fully saturated rings. The van der Waals surface area contributed by atoms with Crippen LogP contribution in [0.1, 0.15) is 56.8 Å². The van der Waals surface area contributed by atoms with Crippen molar-refractivity contribution in [2.24, 2.45) is 5.92 Å². The van der Waals surface area contributed by atoms with Crippen LogP contribution in [0.4, 0.5) is 5.95 Å². The zero-order valence-electron chi connectivity index (χ0n) is 13.4. The highest BCUT2D eigenvalue weighted by molar-refractivity contribution is 5.39. The van der Waals surface area contributed by atoms with Crippen LogP contribution in [0.3, 0.4) is 0 Å². The molecule has 0 bridgehead atoms. The van der Waals surface area contributed by atoms with Crippen molar-refractivity contribution in [1.82, 2.24) is 9.97 Å². The van der Waals surface area contributed by atoms with Gasteiger partial charge in [0.2, 0.25) is 5.95 Å². The predicted octanol–water partition coefficient (Wildman–Crippen LogP) is 2.57. The molecule has 22 heavy (non-hydrogen) atoms. The molecule has 0 aromatic carbocycles. The maximum Gasteiger partial charge on any atom is 0.227 e. The van der Waals surface area contributed by atoms with Crippen LogP contribution in [0.2, 0.25) is 0 Å². The van der Waals surface area contributed by atoms with Crippen molar-refractivity contribution in [3.8, 4) is 6.07 Å². The first kappa shape index (κ1) is 15.2. The number of anilines is 1. The van der Waals surface area contributed by atoms with Crippen LogP contribution < -0.4 is 4.90 Å². The fourth-order valence-corrected chi connectivity index (χ4v) is 4.15. The van der Waals surface area contributed by atoms with Crippen LogP contribution in [-0.4, -0.2) is 33.3 Å². The van der Waals surface area contributed by atoms with Crippen LogP contribution in [0.5, 0.6) is 0 Å². The lowest BCUT2D eigenvalue weighted by Gasteiger charge is -2.43. The van der Waals surface area contributed by atoms with Gasteiger partial charge in [0.25, 0.3) is 0 Å². The molecule has 5 nitrogen and oxygen atoms in total. The van der Waals surface area contributed by atoms with Gasteiger partial charge in [-0.1, -0.05) is 12.8 Å². The zero-order chi connectivity index (χ0) is 15.7. The molecule has 3 atom stereocenters. The normalized spacial score (nSPS) is 32.0. The Hall–Kier alpha value is -1.67. The Balaban J connectivity index is 1.90. The van der Waals surface area contributed by atoms with Crippen LogP contribution in [-0.2, 0) is 0 Å². The number of hydrogen-bond acceptors (Lipinski definition) is 5. The molecule has 0 unspecified atom stereocenters. The highest BCUT2D eigenvalue weighted by Gasteiger charge is 2.44. The monoisotopic (exact) mass is 300 g/mol. The fourth-order valence-electron chi connectivity index (χ4n) is 4.15. The van der Waals surface area contributed by atoms with Gasteiger partial charge in [-0.15, -0.1) is 0 Å². The molecule has 0 radical (unpaired) electrons. The predicted molar refractivity (Wildman–Crippen MR) is 84.4 cm³/mol. The SMILES string of the molecule is Cc1cc(C#N)nc(N2CCC[C@@H]2[C@@H]2CCCC[C@@]2(C)O)n1. The highest BCUT2D eigenvalue weighted by atomic mass is 16.3. The van der Waals surface area contributed by atoms with E-state index < -0.39 is 5.60 Å². The van der Waals surface area contributed by atoms with Crippen molar-refractivity contribution in [2.75, 3.05) is 11.4 Å². The molecule has 1 saturated carbocycles. The average molecular weight is 300 g/mol. The third-order valence-electron chi connectivity index (χ3n) is 5.22. The van der Waals surface area contributed by atoms with Gasteiger partial charge in [-0.25, -0.2) is 9.97 Å². The minimum atomic E-state index is -0.604. The molecule has 118 valence electrons. The molecule has 0 spiro atoms. The summed E-state index contributed by atoms with van der Waals surface area (Å²) in [4.78, 5) is 11.2. The summed E-state index contributed by atoms with van der Waals surface area (Å²) in [5.74, 6) is 0.916. The molecule has 1 aliphatic heterocycles. The van der Waals surface area contributed by atoms with Gasteiger partial charge in [-0.2, -0.15) is 5.26 Å².